The smallest absolute Gasteiger partial charge is 0.352 e. The molecule has 0 aliphatic carbocycles. The molecule has 1 aromatic carbocycles. The summed E-state index contributed by atoms with van der Waals surface area (Å²) < 4.78 is 0. The van der Waals surface area contributed by atoms with Crippen LogP contribution in [-0.2, 0) is 11.2 Å². The summed E-state index contributed by atoms with van der Waals surface area (Å²) in [5, 5.41) is 17.2. The van der Waals surface area contributed by atoms with Crippen molar-refractivity contribution in [2.24, 2.45) is 22.0 Å². The number of carboxylic acids is 1. The quantitative estimate of drug-likeness (QED) is 0.906. The average molecular weight is 258 g/mol. The zero-order chi connectivity index (χ0) is 13.8. The van der Waals surface area contributed by atoms with Crippen molar-refractivity contribution < 1.29 is 9.90 Å². The third kappa shape index (κ3) is 3.28. The lowest BCUT2D eigenvalue weighted by molar-refractivity contribution is -0.129. The van der Waals surface area contributed by atoms with Crippen LogP contribution in [0, 0.1) is 11.8 Å². The van der Waals surface area contributed by atoms with E-state index in [1.807, 2.05) is 37.3 Å². The molecule has 0 aromatic heterocycles. The number of rotatable bonds is 3. The summed E-state index contributed by atoms with van der Waals surface area (Å²) in [6.07, 6.45) is 1.52. The third-order valence-electron chi connectivity index (χ3n) is 3.61. The minimum atomic E-state index is -0.968. The van der Waals surface area contributed by atoms with Crippen LogP contribution in [0.15, 0.2) is 40.5 Å². The topological polar surface area (TPSA) is 62.0 Å². The van der Waals surface area contributed by atoms with Crippen LogP contribution in [0.1, 0.15) is 25.8 Å². The first kappa shape index (κ1) is 13.5. The van der Waals surface area contributed by atoms with E-state index in [1.54, 1.807) is 0 Å². The normalized spacial score (nSPS) is 23.3. The number of benzene rings is 1. The Morgan fingerprint density at radius 1 is 1.26 bits per heavy atom. The van der Waals surface area contributed by atoms with Crippen LogP contribution in [0.25, 0.3) is 0 Å². The second-order valence-electron chi connectivity index (χ2n) is 5.09. The molecule has 1 aliphatic heterocycles. The fraction of sp³-hybridized carbons (Fsp3) is 0.400. The van der Waals surface area contributed by atoms with Gasteiger partial charge in [-0.15, -0.1) is 5.10 Å². The number of nitrogens with zero attached hydrogens (tertiary/aromatic N) is 2. The maximum atomic E-state index is 11.1. The maximum Gasteiger partial charge on any atom is 0.352 e. The van der Waals surface area contributed by atoms with Gasteiger partial charge in [-0.3, -0.25) is 0 Å². The van der Waals surface area contributed by atoms with E-state index in [1.165, 1.54) is 5.56 Å². The Morgan fingerprint density at radius 3 is 2.58 bits per heavy atom. The zero-order valence-electron chi connectivity index (χ0n) is 11.2. The van der Waals surface area contributed by atoms with Crippen molar-refractivity contribution in [1.29, 1.82) is 0 Å². The average Bonchev–Trinajstić information content (AvgIpc) is 2.51. The molecule has 19 heavy (non-hydrogen) atoms. The monoisotopic (exact) mass is 258 g/mol. The summed E-state index contributed by atoms with van der Waals surface area (Å²) in [6.45, 7) is 3.95. The Hall–Kier alpha value is -1.97. The molecular weight excluding hydrogens is 240 g/mol. The van der Waals surface area contributed by atoms with E-state index in [2.05, 4.69) is 17.1 Å². The fourth-order valence-corrected chi connectivity index (χ4v) is 2.25. The second kappa shape index (κ2) is 5.78. The van der Waals surface area contributed by atoms with Gasteiger partial charge in [0.05, 0.1) is 0 Å². The van der Waals surface area contributed by atoms with Crippen LogP contribution in [0.3, 0.4) is 0 Å². The van der Waals surface area contributed by atoms with E-state index in [4.69, 9.17) is 5.11 Å². The molecule has 0 fully saturated rings. The van der Waals surface area contributed by atoms with Crippen LogP contribution in [0.2, 0.25) is 0 Å². The van der Waals surface area contributed by atoms with Gasteiger partial charge in [0.25, 0.3) is 0 Å². The Morgan fingerprint density at radius 2 is 1.95 bits per heavy atom. The highest BCUT2D eigenvalue weighted by atomic mass is 16.4. The Balaban J connectivity index is 2.21. The molecule has 100 valence electrons. The molecule has 0 spiro atoms. The lowest BCUT2D eigenvalue weighted by Crippen LogP contribution is -2.26. The number of aliphatic carboxylic acids is 1. The van der Waals surface area contributed by atoms with Gasteiger partial charge < -0.3 is 5.11 Å². The van der Waals surface area contributed by atoms with Gasteiger partial charge in [-0.2, -0.15) is 5.10 Å². The van der Waals surface area contributed by atoms with E-state index in [-0.39, 0.29) is 17.5 Å². The molecule has 1 heterocycles. The van der Waals surface area contributed by atoms with Gasteiger partial charge in [0.15, 0.2) is 5.71 Å². The van der Waals surface area contributed by atoms with Gasteiger partial charge in [-0.05, 0) is 17.9 Å². The summed E-state index contributed by atoms with van der Waals surface area (Å²) in [4.78, 5) is 11.1. The van der Waals surface area contributed by atoms with Crippen molar-refractivity contribution in [3.8, 4) is 0 Å². The van der Waals surface area contributed by atoms with Gasteiger partial charge in [0.2, 0.25) is 0 Å². The Labute approximate surface area is 112 Å². The Bertz CT molecular complexity index is 520. The molecule has 1 aromatic rings. The summed E-state index contributed by atoms with van der Waals surface area (Å²) >= 11 is 0. The van der Waals surface area contributed by atoms with Crippen LogP contribution >= 0.6 is 0 Å². The molecule has 1 N–H and O–H groups in total. The van der Waals surface area contributed by atoms with Gasteiger partial charge in [-0.25, -0.2) is 4.79 Å². The third-order valence-corrected chi connectivity index (χ3v) is 3.61. The predicted octanol–water partition coefficient (Wildman–Crippen LogP) is 2.79. The minimum absolute atomic E-state index is 0.0745. The van der Waals surface area contributed by atoms with Crippen molar-refractivity contribution in [3.05, 3.63) is 35.9 Å². The molecule has 0 saturated heterocycles. The molecule has 4 nitrogen and oxygen atoms in total. The first-order valence-electron chi connectivity index (χ1n) is 6.48. The molecule has 0 radical (unpaired) electrons. The van der Waals surface area contributed by atoms with Crippen molar-refractivity contribution >= 4 is 17.4 Å². The molecule has 1 unspecified atom stereocenters. The summed E-state index contributed by atoms with van der Waals surface area (Å²) in [5.74, 6) is -0.807. The fourth-order valence-electron chi connectivity index (χ4n) is 2.25. The van der Waals surface area contributed by atoms with Crippen LogP contribution in [0.4, 0.5) is 0 Å². The number of hydrogen-bond acceptors (Lipinski definition) is 3. The molecule has 2 atom stereocenters. The largest absolute Gasteiger partial charge is 0.477 e. The molecule has 0 saturated carbocycles. The van der Waals surface area contributed by atoms with Crippen molar-refractivity contribution in [3.63, 3.8) is 0 Å². The van der Waals surface area contributed by atoms with Crippen molar-refractivity contribution in [2.75, 3.05) is 0 Å². The van der Waals surface area contributed by atoms with E-state index in [0.29, 0.717) is 0 Å². The van der Waals surface area contributed by atoms with Crippen LogP contribution < -0.4 is 0 Å². The SMILES string of the molecule is CC1C(C(=O)O)=NN=C(Cc2ccccc2)C[C@H]1C. The zero-order valence-corrected chi connectivity index (χ0v) is 11.2. The van der Waals surface area contributed by atoms with E-state index in [0.717, 1.165) is 18.6 Å². The first-order valence-corrected chi connectivity index (χ1v) is 6.48. The number of carboxylic acid groups (broad SMARTS) is 1. The molecule has 4 heteroatoms. The lowest BCUT2D eigenvalue weighted by Gasteiger charge is -2.16. The Kier molecular flexibility index (Phi) is 4.10. The highest BCUT2D eigenvalue weighted by Gasteiger charge is 2.27. The maximum absolute atomic E-state index is 11.1. The molecule has 0 amide bonds. The number of carbonyl (C=O) groups is 1. The van der Waals surface area contributed by atoms with Crippen molar-refractivity contribution in [1.82, 2.24) is 0 Å². The van der Waals surface area contributed by atoms with E-state index >= 15 is 0 Å². The van der Waals surface area contributed by atoms with Gasteiger partial charge in [0.1, 0.15) is 0 Å². The van der Waals surface area contributed by atoms with Gasteiger partial charge >= 0.3 is 5.97 Å². The van der Waals surface area contributed by atoms with Crippen molar-refractivity contribution in [2.45, 2.75) is 26.7 Å². The summed E-state index contributed by atoms with van der Waals surface area (Å²) in [5.41, 5.74) is 2.28. The number of hydrogen-bond donors (Lipinski definition) is 1. The van der Waals surface area contributed by atoms with Crippen LogP contribution in [0.5, 0.6) is 0 Å². The second-order valence-corrected chi connectivity index (χ2v) is 5.09. The molecule has 0 bridgehead atoms. The highest BCUT2D eigenvalue weighted by molar-refractivity contribution is 6.36. The van der Waals surface area contributed by atoms with E-state index < -0.39 is 5.97 Å². The predicted molar refractivity (Wildman–Crippen MR) is 75.6 cm³/mol. The van der Waals surface area contributed by atoms with E-state index in [9.17, 15) is 4.79 Å². The molecular formula is C15H18N2O2. The molecule has 2 rings (SSSR count). The van der Waals surface area contributed by atoms with Crippen LogP contribution in [-0.4, -0.2) is 22.5 Å². The minimum Gasteiger partial charge on any atom is -0.477 e. The lowest BCUT2D eigenvalue weighted by atomic mass is 9.86. The first-order chi connectivity index (χ1) is 9.08. The van der Waals surface area contributed by atoms with Gasteiger partial charge in [0, 0.05) is 18.1 Å². The summed E-state index contributed by atoms with van der Waals surface area (Å²) in [7, 11) is 0. The summed E-state index contributed by atoms with van der Waals surface area (Å²) in [6, 6.07) is 10.0. The standard InChI is InChI=1S/C15H18N2O2/c1-10-8-13(9-12-6-4-3-5-7-12)16-17-14(11(10)2)15(18)19/h3-7,10-11H,8-9H2,1-2H3,(H,18,19)/t10-,11?/m1/s1. The van der Waals surface area contributed by atoms with Gasteiger partial charge in [-0.1, -0.05) is 44.2 Å². The highest BCUT2D eigenvalue weighted by Crippen LogP contribution is 2.22. The molecule has 1 aliphatic rings.